The van der Waals surface area contributed by atoms with Crippen LogP contribution in [0, 0.1) is 0 Å². The minimum Gasteiger partial charge on any atom is -0.352 e. The Morgan fingerprint density at radius 1 is 1.10 bits per heavy atom. The first-order valence-electron chi connectivity index (χ1n) is 10.1. The second-order valence-corrected chi connectivity index (χ2v) is 8.84. The molecule has 3 rings (SSSR count). The summed E-state index contributed by atoms with van der Waals surface area (Å²) in [6, 6.07) is 16.9. The van der Waals surface area contributed by atoms with E-state index in [0.29, 0.717) is 11.6 Å². The molecule has 2 aromatic rings. The summed E-state index contributed by atoms with van der Waals surface area (Å²) in [5.74, 6) is 0.102. The van der Waals surface area contributed by atoms with E-state index < -0.39 is 6.04 Å². The van der Waals surface area contributed by atoms with Gasteiger partial charge < -0.3 is 10.2 Å². The van der Waals surface area contributed by atoms with Crippen LogP contribution >= 0.6 is 23.4 Å². The Balaban J connectivity index is 1.71. The molecule has 2 amide bonds. The second-order valence-electron chi connectivity index (χ2n) is 7.38. The van der Waals surface area contributed by atoms with E-state index in [0.717, 1.165) is 36.1 Å². The van der Waals surface area contributed by atoms with Gasteiger partial charge in [0.15, 0.2) is 0 Å². The molecule has 0 radical (unpaired) electrons. The number of benzene rings is 2. The molecule has 1 atom stereocenters. The summed E-state index contributed by atoms with van der Waals surface area (Å²) in [5.41, 5.74) is 0.841. The van der Waals surface area contributed by atoms with Crippen molar-refractivity contribution < 1.29 is 9.59 Å². The molecule has 0 saturated heterocycles. The van der Waals surface area contributed by atoms with Crippen molar-refractivity contribution in [3.8, 4) is 0 Å². The van der Waals surface area contributed by atoms with E-state index in [1.165, 1.54) is 11.8 Å². The average Bonchev–Trinajstić information content (AvgIpc) is 3.24. The molecule has 1 aliphatic rings. The molecule has 0 spiro atoms. The zero-order valence-corrected chi connectivity index (χ0v) is 18.2. The van der Waals surface area contributed by atoms with Crippen LogP contribution in [0.15, 0.2) is 59.5 Å². The fourth-order valence-corrected chi connectivity index (χ4v) is 4.53. The molecule has 0 bridgehead atoms. The number of rotatable bonds is 8. The highest BCUT2D eigenvalue weighted by molar-refractivity contribution is 8.00. The molecule has 2 aromatic carbocycles. The predicted molar refractivity (Wildman–Crippen MR) is 119 cm³/mol. The first-order valence-corrected chi connectivity index (χ1v) is 11.4. The number of thioether (sulfide) groups is 1. The number of amides is 2. The summed E-state index contributed by atoms with van der Waals surface area (Å²) in [5, 5.41) is 3.72. The van der Waals surface area contributed by atoms with Crippen LogP contribution in [0.4, 0.5) is 0 Å². The molecule has 1 N–H and O–H groups in total. The summed E-state index contributed by atoms with van der Waals surface area (Å²) in [6.45, 7) is 2.11. The molecule has 0 unspecified atom stereocenters. The Hall–Kier alpha value is -1.98. The zero-order chi connectivity index (χ0) is 20.6. The summed E-state index contributed by atoms with van der Waals surface area (Å²) < 4.78 is 0. The molecule has 0 aromatic heterocycles. The van der Waals surface area contributed by atoms with E-state index >= 15 is 0 Å². The van der Waals surface area contributed by atoms with Crippen molar-refractivity contribution in [1.29, 1.82) is 0 Å². The van der Waals surface area contributed by atoms with E-state index in [1.54, 1.807) is 11.8 Å². The quantitative estimate of drug-likeness (QED) is 0.605. The molecule has 1 aliphatic carbocycles. The van der Waals surface area contributed by atoms with Gasteiger partial charge in [0.05, 0.1) is 5.75 Å². The smallest absolute Gasteiger partial charge is 0.242 e. The van der Waals surface area contributed by atoms with Gasteiger partial charge in [0.1, 0.15) is 6.04 Å². The highest BCUT2D eigenvalue weighted by Gasteiger charge is 2.28. The SMILES string of the molecule is C[C@H](C(=O)NC1CCCC1)N(Cc1ccccc1Cl)C(=O)CSc1ccccc1. The van der Waals surface area contributed by atoms with Gasteiger partial charge in [0.25, 0.3) is 0 Å². The third kappa shape index (κ3) is 6.25. The normalized spacial score (nSPS) is 15.1. The lowest BCUT2D eigenvalue weighted by Crippen LogP contribution is -2.50. The van der Waals surface area contributed by atoms with Crippen molar-refractivity contribution in [2.45, 2.75) is 56.1 Å². The summed E-state index contributed by atoms with van der Waals surface area (Å²) in [6.07, 6.45) is 4.33. The lowest BCUT2D eigenvalue weighted by Gasteiger charge is -2.30. The topological polar surface area (TPSA) is 49.4 Å². The summed E-state index contributed by atoms with van der Waals surface area (Å²) in [7, 11) is 0. The number of carbonyl (C=O) groups is 2. The van der Waals surface area contributed by atoms with Crippen LogP contribution in [0.1, 0.15) is 38.2 Å². The Bertz CT molecular complexity index is 825. The van der Waals surface area contributed by atoms with E-state index in [9.17, 15) is 9.59 Å². The maximum Gasteiger partial charge on any atom is 0.242 e. The molecule has 154 valence electrons. The fraction of sp³-hybridized carbons (Fsp3) is 0.391. The van der Waals surface area contributed by atoms with Crippen LogP contribution in [0.25, 0.3) is 0 Å². The minimum absolute atomic E-state index is 0.0761. The minimum atomic E-state index is -0.559. The van der Waals surface area contributed by atoms with Crippen molar-refractivity contribution in [2.24, 2.45) is 0 Å². The van der Waals surface area contributed by atoms with Crippen LogP contribution in [0.2, 0.25) is 5.02 Å². The second kappa shape index (κ2) is 10.7. The number of hydrogen-bond acceptors (Lipinski definition) is 3. The van der Waals surface area contributed by atoms with Gasteiger partial charge in [0.2, 0.25) is 11.8 Å². The first-order chi connectivity index (χ1) is 14.0. The van der Waals surface area contributed by atoms with Crippen molar-refractivity contribution in [3.63, 3.8) is 0 Å². The zero-order valence-electron chi connectivity index (χ0n) is 16.6. The van der Waals surface area contributed by atoms with E-state index in [1.807, 2.05) is 54.6 Å². The van der Waals surface area contributed by atoms with Crippen LogP contribution in [-0.2, 0) is 16.1 Å². The number of nitrogens with zero attached hydrogens (tertiary/aromatic N) is 1. The van der Waals surface area contributed by atoms with E-state index in [4.69, 9.17) is 11.6 Å². The predicted octanol–water partition coefficient (Wildman–Crippen LogP) is 4.91. The largest absolute Gasteiger partial charge is 0.352 e. The van der Waals surface area contributed by atoms with Crippen molar-refractivity contribution >= 4 is 35.2 Å². The Labute approximate surface area is 182 Å². The van der Waals surface area contributed by atoms with Gasteiger partial charge in [-0.2, -0.15) is 0 Å². The van der Waals surface area contributed by atoms with Gasteiger partial charge in [-0.1, -0.05) is 60.8 Å². The molecular weight excluding hydrogens is 404 g/mol. The first kappa shape index (κ1) is 21.7. The van der Waals surface area contributed by atoms with Crippen LogP contribution in [0.3, 0.4) is 0 Å². The number of hydrogen-bond donors (Lipinski definition) is 1. The molecule has 4 nitrogen and oxygen atoms in total. The van der Waals surface area contributed by atoms with E-state index in [2.05, 4.69) is 5.32 Å². The molecule has 0 heterocycles. The van der Waals surface area contributed by atoms with Gasteiger partial charge in [-0.15, -0.1) is 11.8 Å². The Morgan fingerprint density at radius 2 is 1.76 bits per heavy atom. The number of nitrogens with one attached hydrogen (secondary N) is 1. The van der Waals surface area contributed by atoms with Gasteiger partial charge in [0, 0.05) is 22.5 Å². The molecule has 1 saturated carbocycles. The molecule has 29 heavy (non-hydrogen) atoms. The third-order valence-corrected chi connectivity index (χ3v) is 6.64. The number of carbonyl (C=O) groups excluding carboxylic acids is 2. The Morgan fingerprint density at radius 3 is 2.45 bits per heavy atom. The monoisotopic (exact) mass is 430 g/mol. The molecule has 6 heteroatoms. The lowest BCUT2D eigenvalue weighted by atomic mass is 10.1. The lowest BCUT2D eigenvalue weighted by molar-refractivity contribution is -0.138. The van der Waals surface area contributed by atoms with Crippen LogP contribution in [0.5, 0.6) is 0 Å². The molecular formula is C23H27ClN2O2S. The van der Waals surface area contributed by atoms with Crippen molar-refractivity contribution in [1.82, 2.24) is 10.2 Å². The highest BCUT2D eigenvalue weighted by Crippen LogP contribution is 2.23. The van der Waals surface area contributed by atoms with Gasteiger partial charge in [-0.3, -0.25) is 9.59 Å². The van der Waals surface area contributed by atoms with Crippen molar-refractivity contribution in [2.75, 3.05) is 5.75 Å². The maximum atomic E-state index is 13.1. The van der Waals surface area contributed by atoms with Crippen LogP contribution in [-0.4, -0.2) is 34.6 Å². The van der Waals surface area contributed by atoms with Gasteiger partial charge in [-0.05, 0) is 43.5 Å². The number of halogens is 1. The Kier molecular flexibility index (Phi) is 8.01. The van der Waals surface area contributed by atoms with Gasteiger partial charge in [-0.25, -0.2) is 0 Å². The summed E-state index contributed by atoms with van der Waals surface area (Å²) in [4.78, 5) is 28.6. The highest BCUT2D eigenvalue weighted by atomic mass is 35.5. The van der Waals surface area contributed by atoms with Crippen LogP contribution < -0.4 is 5.32 Å². The maximum absolute atomic E-state index is 13.1. The molecule has 1 fully saturated rings. The van der Waals surface area contributed by atoms with Gasteiger partial charge >= 0.3 is 0 Å². The fourth-order valence-electron chi connectivity index (χ4n) is 3.53. The van der Waals surface area contributed by atoms with E-state index in [-0.39, 0.29) is 23.6 Å². The molecule has 0 aliphatic heterocycles. The van der Waals surface area contributed by atoms with Crippen molar-refractivity contribution in [3.05, 3.63) is 65.2 Å². The average molecular weight is 431 g/mol. The standard InChI is InChI=1S/C23H27ClN2O2S/c1-17(23(28)25-19-10-6-7-11-19)26(15-18-9-5-8-14-21(18)24)22(27)16-29-20-12-3-2-4-13-20/h2-5,8-9,12-14,17,19H,6-7,10-11,15-16H2,1H3,(H,25,28)/t17-/m1/s1. The third-order valence-electron chi connectivity index (χ3n) is 5.27. The summed E-state index contributed by atoms with van der Waals surface area (Å²) >= 11 is 7.80.